The molecule has 2 heterocycles. The fourth-order valence-corrected chi connectivity index (χ4v) is 5.34. The summed E-state index contributed by atoms with van der Waals surface area (Å²) < 4.78 is 11.1. The summed E-state index contributed by atoms with van der Waals surface area (Å²) in [5.74, 6) is 1.28. The Morgan fingerprint density at radius 3 is 1.43 bits per heavy atom. The highest BCUT2D eigenvalue weighted by Gasteiger charge is 2.19. The predicted molar refractivity (Wildman–Crippen MR) is 181 cm³/mol. The van der Waals surface area contributed by atoms with Gasteiger partial charge in [-0.15, -0.1) is 0 Å². The van der Waals surface area contributed by atoms with Crippen LogP contribution in [0.5, 0.6) is 11.5 Å². The van der Waals surface area contributed by atoms with E-state index in [1.165, 1.54) is 14.2 Å². The second-order valence-corrected chi connectivity index (χ2v) is 10.3. The van der Waals surface area contributed by atoms with Crippen molar-refractivity contribution in [1.29, 1.82) is 0 Å². The maximum absolute atomic E-state index is 13.4. The normalized spacial score (nSPS) is 10.7. The van der Waals surface area contributed by atoms with E-state index in [9.17, 15) is 9.59 Å². The van der Waals surface area contributed by atoms with Crippen LogP contribution in [0.3, 0.4) is 0 Å². The van der Waals surface area contributed by atoms with Crippen LogP contribution >= 0.6 is 0 Å². The van der Waals surface area contributed by atoms with Gasteiger partial charge in [0, 0.05) is 0 Å². The third kappa shape index (κ3) is 6.00. The van der Waals surface area contributed by atoms with Gasteiger partial charge < -0.3 is 31.6 Å². The molecule has 0 bridgehead atoms. The first kappa shape index (κ1) is 29.6. The van der Waals surface area contributed by atoms with Gasteiger partial charge in [-0.1, -0.05) is 60.7 Å². The molecule has 6 N–H and O–H groups in total. The molecule has 0 atom stereocenters. The molecule has 10 nitrogen and oxygen atoms in total. The third-order valence-electron chi connectivity index (χ3n) is 7.44. The van der Waals surface area contributed by atoms with Crippen molar-refractivity contribution in [3.63, 3.8) is 0 Å². The van der Waals surface area contributed by atoms with E-state index in [1.54, 1.807) is 60.7 Å². The number of nitrogens with one attached hydrogen (secondary N) is 2. The molecule has 0 saturated carbocycles. The van der Waals surface area contributed by atoms with Gasteiger partial charge >= 0.3 is 0 Å². The van der Waals surface area contributed by atoms with E-state index in [1.807, 2.05) is 48.5 Å². The molecule has 0 unspecified atom stereocenters. The molecule has 0 aliphatic carbocycles. The van der Waals surface area contributed by atoms with Gasteiger partial charge in [-0.25, -0.2) is 9.97 Å². The number of fused-ring (bicyclic) bond motifs is 1. The second-order valence-electron chi connectivity index (χ2n) is 10.3. The van der Waals surface area contributed by atoms with Crippen LogP contribution in [0.2, 0.25) is 0 Å². The Kier molecular flexibility index (Phi) is 8.16. The van der Waals surface area contributed by atoms with E-state index in [0.29, 0.717) is 45.9 Å². The van der Waals surface area contributed by atoms with Crippen LogP contribution in [0, 0.1) is 0 Å². The minimum absolute atomic E-state index is 0.294. The van der Waals surface area contributed by atoms with Crippen molar-refractivity contribution in [2.24, 2.45) is 0 Å². The summed E-state index contributed by atoms with van der Waals surface area (Å²) in [6, 6.07) is 32.9. The number of aromatic nitrogens is 2. The van der Waals surface area contributed by atoms with Gasteiger partial charge in [0.1, 0.15) is 34.8 Å². The Morgan fingerprint density at radius 2 is 1.02 bits per heavy atom. The van der Waals surface area contributed by atoms with Crippen molar-refractivity contribution in [1.82, 2.24) is 9.97 Å². The van der Waals surface area contributed by atoms with Crippen LogP contribution in [0.4, 0.5) is 23.3 Å². The molecule has 228 valence electrons. The van der Waals surface area contributed by atoms with Crippen molar-refractivity contribution in [3.05, 3.63) is 120 Å². The minimum atomic E-state index is -0.391. The molecule has 10 heteroatoms. The Morgan fingerprint density at radius 1 is 0.587 bits per heavy atom. The topological polar surface area (TPSA) is 154 Å². The summed E-state index contributed by atoms with van der Waals surface area (Å²) in [5.41, 5.74) is 15.6. The van der Waals surface area contributed by atoms with Crippen LogP contribution < -0.4 is 31.6 Å². The highest BCUT2D eigenvalue weighted by atomic mass is 16.5. The lowest BCUT2D eigenvalue weighted by molar-refractivity contribution is 0.101. The summed E-state index contributed by atoms with van der Waals surface area (Å²) in [6.07, 6.45) is 0. The van der Waals surface area contributed by atoms with E-state index in [-0.39, 0.29) is 0 Å². The number of carbonyl (C=O) groups is 2. The number of nitrogen functional groups attached to an aromatic ring is 2. The number of pyridine rings is 2. The predicted octanol–water partition coefficient (Wildman–Crippen LogP) is 6.65. The Labute approximate surface area is 265 Å². The first-order valence-corrected chi connectivity index (χ1v) is 14.3. The average molecular weight is 611 g/mol. The number of nitrogens with two attached hydrogens (primary N) is 2. The monoisotopic (exact) mass is 610 g/mol. The number of nitrogens with zero attached hydrogens (tertiary/aromatic N) is 2. The van der Waals surface area contributed by atoms with Crippen molar-refractivity contribution in [3.8, 4) is 33.8 Å². The standard InChI is InChI=1S/C36H30N6O4/c1-45-28-17-15-22(19-26(28)35(43)41-32-13-5-11-30(37)39-32)24-9-3-7-21-8-4-10-25(34(21)24)23-16-18-29(46-2)27(20-23)36(44)42-33-14-6-12-31(38)40-33/h3-20H,1-2H3,(H3,37,39,41,43)(H3,38,40,42,44). The van der Waals surface area contributed by atoms with Crippen LogP contribution in [-0.2, 0) is 0 Å². The maximum atomic E-state index is 13.4. The molecule has 0 radical (unpaired) electrons. The lowest BCUT2D eigenvalue weighted by Gasteiger charge is -2.16. The number of amides is 2. The minimum Gasteiger partial charge on any atom is -0.496 e. The Balaban J connectivity index is 1.44. The Hall–Kier alpha value is -6.42. The van der Waals surface area contributed by atoms with E-state index in [4.69, 9.17) is 20.9 Å². The molecule has 0 fully saturated rings. The van der Waals surface area contributed by atoms with E-state index >= 15 is 0 Å². The number of hydrogen-bond donors (Lipinski definition) is 4. The summed E-state index contributed by atoms with van der Waals surface area (Å²) in [5, 5.41) is 7.52. The highest BCUT2D eigenvalue weighted by molar-refractivity contribution is 6.11. The number of rotatable bonds is 8. The van der Waals surface area contributed by atoms with Crippen LogP contribution in [-0.4, -0.2) is 36.0 Å². The van der Waals surface area contributed by atoms with Gasteiger partial charge in [0.05, 0.1) is 25.3 Å². The molecule has 2 aromatic heterocycles. The van der Waals surface area contributed by atoms with Crippen LogP contribution in [0.15, 0.2) is 109 Å². The number of methoxy groups -OCH3 is 2. The molecule has 0 aliphatic heterocycles. The van der Waals surface area contributed by atoms with Gasteiger partial charge in [0.15, 0.2) is 0 Å². The SMILES string of the molecule is COc1ccc(-c2cccc3cccc(-c4ccc(OC)c(C(=O)Nc5cccc(N)n5)c4)c23)cc1C(=O)Nc1cccc(N)n1. The van der Waals surface area contributed by atoms with Crippen LogP contribution in [0.25, 0.3) is 33.0 Å². The van der Waals surface area contributed by atoms with Crippen molar-refractivity contribution >= 4 is 45.9 Å². The molecule has 0 saturated heterocycles. The highest BCUT2D eigenvalue weighted by Crippen LogP contribution is 2.39. The molecule has 6 aromatic rings. The summed E-state index contributed by atoms with van der Waals surface area (Å²) in [7, 11) is 3.03. The number of carbonyl (C=O) groups excluding carboxylic acids is 2. The van der Waals surface area contributed by atoms with E-state index in [2.05, 4.69) is 20.6 Å². The number of ether oxygens (including phenoxy) is 2. The Bertz CT molecular complexity index is 1970. The van der Waals surface area contributed by atoms with E-state index < -0.39 is 11.8 Å². The zero-order valence-electron chi connectivity index (χ0n) is 25.1. The lowest BCUT2D eigenvalue weighted by atomic mass is 9.90. The van der Waals surface area contributed by atoms with Crippen molar-refractivity contribution in [2.75, 3.05) is 36.3 Å². The molecule has 2 amide bonds. The largest absolute Gasteiger partial charge is 0.496 e. The summed E-state index contributed by atoms with van der Waals surface area (Å²) in [4.78, 5) is 35.2. The van der Waals surface area contributed by atoms with Crippen molar-refractivity contribution in [2.45, 2.75) is 0 Å². The number of hydrogen-bond acceptors (Lipinski definition) is 8. The van der Waals surface area contributed by atoms with Gasteiger partial charge in [0.25, 0.3) is 11.8 Å². The zero-order chi connectivity index (χ0) is 32.2. The quantitative estimate of drug-likeness (QED) is 0.149. The van der Waals surface area contributed by atoms with E-state index in [0.717, 1.165) is 33.0 Å². The molecular weight excluding hydrogens is 580 g/mol. The molecule has 0 spiro atoms. The van der Waals surface area contributed by atoms with Gasteiger partial charge in [0.2, 0.25) is 0 Å². The fourth-order valence-electron chi connectivity index (χ4n) is 5.34. The lowest BCUT2D eigenvalue weighted by Crippen LogP contribution is -2.14. The van der Waals surface area contributed by atoms with Gasteiger partial charge in [-0.3, -0.25) is 9.59 Å². The number of benzene rings is 4. The third-order valence-corrected chi connectivity index (χ3v) is 7.44. The summed E-state index contributed by atoms with van der Waals surface area (Å²) >= 11 is 0. The molecule has 46 heavy (non-hydrogen) atoms. The summed E-state index contributed by atoms with van der Waals surface area (Å²) in [6.45, 7) is 0. The zero-order valence-corrected chi connectivity index (χ0v) is 25.1. The first-order valence-electron chi connectivity index (χ1n) is 14.3. The van der Waals surface area contributed by atoms with Gasteiger partial charge in [-0.05, 0) is 81.6 Å². The molecule has 4 aromatic carbocycles. The molecule has 6 rings (SSSR count). The molecule has 0 aliphatic rings. The van der Waals surface area contributed by atoms with Gasteiger partial charge in [-0.2, -0.15) is 0 Å². The van der Waals surface area contributed by atoms with Crippen LogP contribution in [0.1, 0.15) is 20.7 Å². The van der Waals surface area contributed by atoms with Crippen molar-refractivity contribution < 1.29 is 19.1 Å². The second kappa shape index (κ2) is 12.7. The maximum Gasteiger partial charge on any atom is 0.260 e. The number of anilines is 4. The molecular formula is C36H30N6O4. The first-order chi connectivity index (χ1) is 22.3. The smallest absolute Gasteiger partial charge is 0.260 e. The fraction of sp³-hybridized carbons (Fsp3) is 0.0556. The average Bonchev–Trinajstić information content (AvgIpc) is 3.07.